The Labute approximate surface area is 125 Å². The van der Waals surface area contributed by atoms with Crippen molar-refractivity contribution < 1.29 is 13.9 Å². The van der Waals surface area contributed by atoms with Gasteiger partial charge in [0.15, 0.2) is 5.82 Å². The molecule has 0 radical (unpaired) electrons. The molecule has 22 heavy (non-hydrogen) atoms. The lowest BCUT2D eigenvalue weighted by Gasteiger charge is -2.11. The Bertz CT molecular complexity index is 774. The van der Waals surface area contributed by atoms with E-state index in [1.165, 1.54) is 11.0 Å². The van der Waals surface area contributed by atoms with Crippen LogP contribution in [0.1, 0.15) is 11.7 Å². The number of aliphatic hydroxyl groups excluding tert-OH is 1. The highest BCUT2D eigenvalue weighted by Crippen LogP contribution is 2.20. The number of aliphatic hydroxyl groups is 1. The number of benzene rings is 2. The third kappa shape index (κ3) is 3.01. The smallest absolute Gasteiger partial charge is 0.181 e. The summed E-state index contributed by atoms with van der Waals surface area (Å²) in [5.74, 6) is -0.746. The molecule has 0 fully saturated rings. The van der Waals surface area contributed by atoms with Crippen molar-refractivity contribution in [3.05, 3.63) is 72.1 Å². The highest BCUT2D eigenvalue weighted by molar-refractivity contribution is 5.53. The van der Waals surface area contributed by atoms with Crippen molar-refractivity contribution in [2.45, 2.75) is 12.6 Å². The second-order valence-electron chi connectivity index (χ2n) is 4.84. The molecule has 3 aromatic rings. The van der Waals surface area contributed by atoms with Crippen molar-refractivity contribution in [1.82, 2.24) is 14.8 Å². The van der Waals surface area contributed by atoms with E-state index in [0.717, 1.165) is 23.8 Å². The van der Waals surface area contributed by atoms with Gasteiger partial charge in [-0.3, -0.25) is 0 Å². The molecule has 0 amide bonds. The van der Waals surface area contributed by atoms with Crippen LogP contribution in [0.3, 0.4) is 0 Å². The normalized spacial score (nSPS) is 12.3. The van der Waals surface area contributed by atoms with Crippen LogP contribution < -0.4 is 0 Å². The number of nitrogens with zero attached hydrogens (tertiary/aromatic N) is 3. The maximum absolute atomic E-state index is 13.6. The van der Waals surface area contributed by atoms with Crippen LogP contribution >= 0.6 is 0 Å². The van der Waals surface area contributed by atoms with E-state index < -0.39 is 17.7 Å². The Morgan fingerprint density at radius 3 is 2.64 bits per heavy atom. The van der Waals surface area contributed by atoms with Crippen LogP contribution in [0.25, 0.3) is 11.4 Å². The number of halogens is 2. The Hall–Kier alpha value is -2.60. The maximum Gasteiger partial charge on any atom is 0.181 e. The van der Waals surface area contributed by atoms with Crippen LogP contribution in [0, 0.1) is 11.6 Å². The van der Waals surface area contributed by atoms with Crippen molar-refractivity contribution in [2.75, 3.05) is 0 Å². The van der Waals surface area contributed by atoms with Gasteiger partial charge in [-0.1, -0.05) is 30.3 Å². The van der Waals surface area contributed by atoms with Crippen LogP contribution in [0.5, 0.6) is 0 Å². The molecule has 0 aliphatic rings. The molecule has 0 saturated heterocycles. The molecule has 1 atom stereocenters. The minimum absolute atomic E-state index is 0.0137. The first-order valence-electron chi connectivity index (χ1n) is 6.71. The van der Waals surface area contributed by atoms with Crippen LogP contribution in [-0.4, -0.2) is 19.9 Å². The number of hydrogen-bond donors (Lipinski definition) is 1. The Morgan fingerprint density at radius 2 is 1.86 bits per heavy atom. The second-order valence-corrected chi connectivity index (χ2v) is 4.84. The van der Waals surface area contributed by atoms with Crippen LogP contribution in [-0.2, 0) is 6.54 Å². The molecule has 0 bridgehead atoms. The second kappa shape index (κ2) is 6.03. The first-order chi connectivity index (χ1) is 10.6. The molecule has 3 rings (SSSR count). The maximum atomic E-state index is 13.6. The first kappa shape index (κ1) is 14.3. The third-order valence-corrected chi connectivity index (χ3v) is 3.25. The number of aromatic nitrogens is 3. The standard InChI is InChI=1S/C16H13F2N3O/c17-12-6-7-14(18)13(8-12)15(22)9-21-10-19-16(20-21)11-4-2-1-3-5-11/h1-8,10,15,22H,9H2. The van der Waals surface area contributed by atoms with Gasteiger partial charge in [-0.25, -0.2) is 18.4 Å². The van der Waals surface area contributed by atoms with Gasteiger partial charge in [0.1, 0.15) is 24.1 Å². The summed E-state index contributed by atoms with van der Waals surface area (Å²) in [4.78, 5) is 4.15. The summed E-state index contributed by atoms with van der Waals surface area (Å²) in [6.45, 7) is -0.0137. The van der Waals surface area contributed by atoms with Crippen molar-refractivity contribution >= 4 is 0 Å². The van der Waals surface area contributed by atoms with Gasteiger partial charge in [0.2, 0.25) is 0 Å². The lowest BCUT2D eigenvalue weighted by Crippen LogP contribution is -2.11. The van der Waals surface area contributed by atoms with Crippen molar-refractivity contribution in [3.8, 4) is 11.4 Å². The average molecular weight is 301 g/mol. The van der Waals surface area contributed by atoms with Gasteiger partial charge in [0.25, 0.3) is 0 Å². The van der Waals surface area contributed by atoms with Gasteiger partial charge in [-0.2, -0.15) is 5.10 Å². The van der Waals surface area contributed by atoms with E-state index in [2.05, 4.69) is 10.1 Å². The summed E-state index contributed by atoms with van der Waals surface area (Å²) >= 11 is 0. The van der Waals surface area contributed by atoms with Crippen molar-refractivity contribution in [2.24, 2.45) is 0 Å². The van der Waals surface area contributed by atoms with Gasteiger partial charge in [-0.15, -0.1) is 0 Å². The molecule has 112 valence electrons. The summed E-state index contributed by atoms with van der Waals surface area (Å²) in [5, 5.41) is 14.3. The summed E-state index contributed by atoms with van der Waals surface area (Å²) in [6.07, 6.45) is 0.240. The molecule has 2 aromatic carbocycles. The highest BCUT2D eigenvalue weighted by Gasteiger charge is 2.15. The lowest BCUT2D eigenvalue weighted by molar-refractivity contribution is 0.146. The van der Waals surface area contributed by atoms with E-state index >= 15 is 0 Å². The Morgan fingerprint density at radius 1 is 1.09 bits per heavy atom. The van der Waals surface area contributed by atoms with E-state index in [9.17, 15) is 13.9 Å². The Balaban J connectivity index is 1.79. The predicted octanol–water partition coefficient (Wildman–Crippen LogP) is 2.96. The average Bonchev–Trinajstić information content (AvgIpc) is 2.99. The monoisotopic (exact) mass is 301 g/mol. The lowest BCUT2D eigenvalue weighted by atomic mass is 10.1. The molecule has 0 aliphatic heterocycles. The van der Waals surface area contributed by atoms with E-state index in [4.69, 9.17) is 0 Å². The fourth-order valence-corrected chi connectivity index (χ4v) is 2.15. The minimum atomic E-state index is -1.21. The molecule has 0 saturated carbocycles. The highest BCUT2D eigenvalue weighted by atomic mass is 19.1. The fourth-order valence-electron chi connectivity index (χ4n) is 2.15. The molecule has 1 heterocycles. The van der Waals surface area contributed by atoms with Gasteiger partial charge in [0, 0.05) is 11.1 Å². The summed E-state index contributed by atoms with van der Waals surface area (Å²) in [6, 6.07) is 12.3. The van der Waals surface area contributed by atoms with E-state index in [0.29, 0.717) is 5.82 Å². The molecular formula is C16H13F2N3O. The van der Waals surface area contributed by atoms with Gasteiger partial charge in [-0.05, 0) is 18.2 Å². The summed E-state index contributed by atoms with van der Waals surface area (Å²) in [5.41, 5.74) is 0.740. The van der Waals surface area contributed by atoms with E-state index in [1.807, 2.05) is 30.3 Å². The molecule has 6 heteroatoms. The van der Waals surface area contributed by atoms with E-state index in [1.54, 1.807) is 0 Å². The molecular weight excluding hydrogens is 288 g/mol. The SMILES string of the molecule is OC(Cn1cnc(-c2ccccc2)n1)c1cc(F)ccc1F. The molecule has 1 aromatic heterocycles. The van der Waals surface area contributed by atoms with E-state index in [-0.39, 0.29) is 12.1 Å². The fraction of sp³-hybridized carbons (Fsp3) is 0.125. The molecule has 1 unspecified atom stereocenters. The number of rotatable bonds is 4. The van der Waals surface area contributed by atoms with Gasteiger partial charge < -0.3 is 5.11 Å². The molecule has 1 N–H and O–H groups in total. The van der Waals surface area contributed by atoms with Crippen LogP contribution in [0.4, 0.5) is 8.78 Å². The minimum Gasteiger partial charge on any atom is -0.386 e. The summed E-state index contributed by atoms with van der Waals surface area (Å²) in [7, 11) is 0. The zero-order valence-corrected chi connectivity index (χ0v) is 11.5. The van der Waals surface area contributed by atoms with Crippen molar-refractivity contribution in [3.63, 3.8) is 0 Å². The molecule has 4 nitrogen and oxygen atoms in total. The molecule has 0 spiro atoms. The third-order valence-electron chi connectivity index (χ3n) is 3.25. The number of hydrogen-bond acceptors (Lipinski definition) is 3. The van der Waals surface area contributed by atoms with Gasteiger partial charge >= 0.3 is 0 Å². The Kier molecular flexibility index (Phi) is 3.93. The first-order valence-corrected chi connectivity index (χ1v) is 6.71. The topological polar surface area (TPSA) is 50.9 Å². The molecule has 0 aliphatic carbocycles. The predicted molar refractivity (Wildman–Crippen MR) is 76.8 cm³/mol. The summed E-state index contributed by atoms with van der Waals surface area (Å²) < 4.78 is 28.2. The largest absolute Gasteiger partial charge is 0.386 e. The quantitative estimate of drug-likeness (QED) is 0.806. The van der Waals surface area contributed by atoms with Crippen molar-refractivity contribution in [1.29, 1.82) is 0 Å². The van der Waals surface area contributed by atoms with Crippen LogP contribution in [0.15, 0.2) is 54.9 Å². The zero-order chi connectivity index (χ0) is 15.5. The van der Waals surface area contributed by atoms with Crippen LogP contribution in [0.2, 0.25) is 0 Å². The van der Waals surface area contributed by atoms with Gasteiger partial charge in [0.05, 0.1) is 6.54 Å². The zero-order valence-electron chi connectivity index (χ0n) is 11.5.